The molecule has 0 atom stereocenters. The number of benzene rings is 9. The molecule has 9 aromatic carbocycles. The van der Waals surface area contributed by atoms with Gasteiger partial charge in [0.15, 0.2) is 0 Å². The Labute approximate surface area is 315 Å². The standard InChI is InChI=1S/C50H33NO/c1-2-11-34(12-3-1)35-23-25-36(26-24-35)37-27-30-41(31-28-37)51(42-17-8-16-40(33-42)44-20-9-15-38-13-4-6-18-43(38)44)47-21-10-22-48-49(47)46-32-29-39-14-5-7-19-45(39)50(46)52-48/h1-33H/i5D,7D,10D,14D,19D,21D,22D,29D,32D. The molecular weight excluding hydrogens is 631 g/mol. The van der Waals surface area contributed by atoms with Gasteiger partial charge in [0.2, 0.25) is 0 Å². The van der Waals surface area contributed by atoms with Crippen molar-refractivity contribution in [2.45, 2.75) is 0 Å². The van der Waals surface area contributed by atoms with Crippen LogP contribution in [0.5, 0.6) is 0 Å². The molecule has 0 aliphatic heterocycles. The smallest absolute Gasteiger partial charge is 0.143 e. The second kappa shape index (κ2) is 12.5. The molecule has 0 saturated heterocycles. The second-order valence-electron chi connectivity index (χ2n) is 12.6. The fraction of sp³-hybridized carbons (Fsp3) is 0. The molecule has 0 fully saturated rings. The molecule has 244 valence electrons. The molecule has 0 aliphatic carbocycles. The van der Waals surface area contributed by atoms with Gasteiger partial charge in [-0.2, -0.15) is 0 Å². The Morgan fingerprint density at radius 3 is 1.92 bits per heavy atom. The molecule has 0 radical (unpaired) electrons. The molecule has 0 N–H and O–H groups in total. The first-order valence-electron chi connectivity index (χ1n) is 21.5. The second-order valence-corrected chi connectivity index (χ2v) is 12.6. The number of hydrogen-bond acceptors (Lipinski definition) is 2. The summed E-state index contributed by atoms with van der Waals surface area (Å²) in [7, 11) is 0. The van der Waals surface area contributed by atoms with E-state index >= 15 is 0 Å². The fourth-order valence-corrected chi connectivity index (χ4v) is 7.11. The SMILES string of the molecule is [2H]c1c([2H])c(N(c2ccc(-c3ccc(-c4ccccc4)cc3)cc2)c2cccc(-c3cccc4ccccc34)c2)c2c(oc3c4c([2H])c([2H])c([2H])c([2H])c4c([2H])c([2H])c32)c1[2H]. The third kappa shape index (κ3) is 5.12. The predicted molar refractivity (Wildman–Crippen MR) is 220 cm³/mol. The zero-order valence-corrected chi connectivity index (χ0v) is 27.7. The van der Waals surface area contributed by atoms with Crippen LogP contribution >= 0.6 is 0 Å². The first-order valence-corrected chi connectivity index (χ1v) is 17.0. The van der Waals surface area contributed by atoms with Crippen LogP contribution in [-0.4, -0.2) is 0 Å². The highest BCUT2D eigenvalue weighted by Crippen LogP contribution is 2.45. The number of furan rings is 1. The minimum absolute atomic E-state index is 0.0138. The van der Waals surface area contributed by atoms with Gasteiger partial charge in [0.25, 0.3) is 0 Å². The van der Waals surface area contributed by atoms with Gasteiger partial charge < -0.3 is 9.32 Å². The lowest BCUT2D eigenvalue weighted by molar-refractivity contribution is 0.672. The van der Waals surface area contributed by atoms with Gasteiger partial charge in [0.1, 0.15) is 11.2 Å². The van der Waals surface area contributed by atoms with E-state index in [1.165, 1.54) is 0 Å². The Balaban J connectivity index is 1.24. The molecule has 0 spiro atoms. The largest absolute Gasteiger partial charge is 0.455 e. The normalized spacial score (nSPS) is 13.9. The summed E-state index contributed by atoms with van der Waals surface area (Å²) in [4.78, 5) is 1.81. The van der Waals surface area contributed by atoms with Gasteiger partial charge in [-0.15, -0.1) is 0 Å². The van der Waals surface area contributed by atoms with E-state index in [1.54, 1.807) is 0 Å². The highest BCUT2D eigenvalue weighted by molar-refractivity contribution is 6.19. The molecule has 0 saturated carbocycles. The summed E-state index contributed by atoms with van der Waals surface area (Å²) in [5, 5.41) is 1.96. The maximum atomic E-state index is 9.56. The topological polar surface area (TPSA) is 16.4 Å². The summed E-state index contributed by atoms with van der Waals surface area (Å²) in [6.45, 7) is 0. The number of rotatable bonds is 6. The Morgan fingerprint density at radius 1 is 0.423 bits per heavy atom. The lowest BCUT2D eigenvalue weighted by atomic mass is 9.97. The maximum Gasteiger partial charge on any atom is 0.143 e. The van der Waals surface area contributed by atoms with Gasteiger partial charge in [-0.1, -0.05) is 158 Å². The third-order valence-electron chi connectivity index (χ3n) is 9.61. The van der Waals surface area contributed by atoms with Gasteiger partial charge in [-0.3, -0.25) is 0 Å². The molecular formula is C50H33NO. The summed E-state index contributed by atoms with van der Waals surface area (Å²) < 4.78 is 86.8. The molecule has 0 unspecified atom stereocenters. The van der Waals surface area contributed by atoms with Gasteiger partial charge >= 0.3 is 0 Å². The monoisotopic (exact) mass is 672 g/mol. The Kier molecular flexibility index (Phi) is 5.28. The Hall–Kier alpha value is -6.90. The first-order chi connectivity index (χ1) is 29.5. The van der Waals surface area contributed by atoms with Gasteiger partial charge in [-0.05, 0) is 91.9 Å². The Bertz CT molecular complexity index is 3400. The number of hydrogen-bond donors (Lipinski definition) is 0. The summed E-state index contributed by atoms with van der Waals surface area (Å²) in [5.74, 6) is 0. The van der Waals surface area contributed by atoms with Crippen molar-refractivity contribution in [2.24, 2.45) is 0 Å². The van der Waals surface area contributed by atoms with Crippen LogP contribution in [0.4, 0.5) is 17.1 Å². The van der Waals surface area contributed by atoms with Crippen molar-refractivity contribution in [3.8, 4) is 33.4 Å². The predicted octanol–water partition coefficient (Wildman–Crippen LogP) is 14.4. The lowest BCUT2D eigenvalue weighted by Crippen LogP contribution is -2.10. The molecule has 0 amide bonds. The quantitative estimate of drug-likeness (QED) is 0.175. The van der Waals surface area contributed by atoms with Crippen molar-refractivity contribution in [1.29, 1.82) is 0 Å². The van der Waals surface area contributed by atoms with E-state index in [4.69, 9.17) is 14.0 Å². The van der Waals surface area contributed by atoms with Crippen molar-refractivity contribution in [2.75, 3.05) is 4.90 Å². The van der Waals surface area contributed by atoms with E-state index in [-0.39, 0.29) is 50.5 Å². The summed E-state index contributed by atoms with van der Waals surface area (Å²) in [5.41, 5.74) is 7.08. The van der Waals surface area contributed by atoms with E-state index in [0.717, 1.165) is 44.2 Å². The zero-order valence-electron chi connectivity index (χ0n) is 36.7. The Morgan fingerprint density at radius 2 is 1.10 bits per heavy atom. The van der Waals surface area contributed by atoms with Crippen LogP contribution in [0.15, 0.2) is 204 Å². The minimum Gasteiger partial charge on any atom is -0.455 e. The van der Waals surface area contributed by atoms with Gasteiger partial charge in [0, 0.05) is 22.1 Å². The molecule has 2 heteroatoms. The molecule has 1 aromatic heterocycles. The molecule has 1 heterocycles. The summed E-state index contributed by atoms with van der Waals surface area (Å²) in [6.07, 6.45) is 0. The van der Waals surface area contributed by atoms with Crippen LogP contribution in [-0.2, 0) is 0 Å². The molecule has 52 heavy (non-hydrogen) atoms. The minimum atomic E-state index is -0.544. The molecule has 0 aliphatic rings. The van der Waals surface area contributed by atoms with E-state index in [2.05, 4.69) is 54.6 Å². The third-order valence-corrected chi connectivity index (χ3v) is 9.61. The molecule has 10 rings (SSSR count). The van der Waals surface area contributed by atoms with Gasteiger partial charge in [0.05, 0.1) is 23.4 Å². The highest BCUT2D eigenvalue weighted by Gasteiger charge is 2.21. The molecule has 0 bridgehead atoms. The average molecular weight is 673 g/mol. The number of fused-ring (bicyclic) bond motifs is 6. The van der Waals surface area contributed by atoms with E-state index in [9.17, 15) is 2.74 Å². The van der Waals surface area contributed by atoms with Crippen molar-refractivity contribution >= 4 is 60.5 Å². The van der Waals surface area contributed by atoms with E-state index in [1.807, 2.05) is 95.9 Å². The summed E-state index contributed by atoms with van der Waals surface area (Å²) >= 11 is 0. The van der Waals surface area contributed by atoms with E-state index in [0.29, 0.717) is 11.4 Å². The van der Waals surface area contributed by atoms with Crippen molar-refractivity contribution < 1.29 is 16.8 Å². The first kappa shape index (κ1) is 22.0. The van der Waals surface area contributed by atoms with Crippen LogP contribution < -0.4 is 4.90 Å². The zero-order chi connectivity index (χ0) is 42.3. The van der Waals surface area contributed by atoms with Crippen molar-refractivity contribution in [3.05, 3.63) is 200 Å². The molecule has 10 aromatic rings. The summed E-state index contributed by atoms with van der Waals surface area (Å²) in [6, 6.07) is 44.2. The number of nitrogens with zero attached hydrogens (tertiary/aromatic N) is 1. The van der Waals surface area contributed by atoms with E-state index < -0.39 is 42.3 Å². The van der Waals surface area contributed by atoms with Crippen molar-refractivity contribution in [3.63, 3.8) is 0 Å². The van der Waals surface area contributed by atoms with Gasteiger partial charge in [-0.25, -0.2) is 0 Å². The highest BCUT2D eigenvalue weighted by atomic mass is 16.3. The van der Waals surface area contributed by atoms with Crippen LogP contribution in [0.1, 0.15) is 12.3 Å². The number of anilines is 3. The van der Waals surface area contributed by atoms with Crippen LogP contribution in [0.25, 0.3) is 76.9 Å². The fourth-order valence-electron chi connectivity index (χ4n) is 7.11. The molecule has 2 nitrogen and oxygen atoms in total. The van der Waals surface area contributed by atoms with Crippen LogP contribution in [0, 0.1) is 0 Å². The average Bonchev–Trinajstić information content (AvgIpc) is 3.70. The van der Waals surface area contributed by atoms with Crippen LogP contribution in [0.3, 0.4) is 0 Å². The van der Waals surface area contributed by atoms with Crippen molar-refractivity contribution in [1.82, 2.24) is 0 Å². The maximum absolute atomic E-state index is 9.56. The lowest BCUT2D eigenvalue weighted by Gasteiger charge is -2.27. The van der Waals surface area contributed by atoms with Crippen LogP contribution in [0.2, 0.25) is 0 Å².